The zero-order valence-electron chi connectivity index (χ0n) is 13.9. The number of aliphatic carboxylic acids is 1. The van der Waals surface area contributed by atoms with Crippen LogP contribution in [0.25, 0.3) is 0 Å². The van der Waals surface area contributed by atoms with Crippen LogP contribution in [-0.4, -0.2) is 31.8 Å². The highest BCUT2D eigenvalue weighted by Gasteiger charge is 2.36. The molecule has 0 unspecified atom stereocenters. The average molecular weight is 361 g/mol. The van der Waals surface area contributed by atoms with Crippen LogP contribution in [0.3, 0.4) is 0 Å². The van der Waals surface area contributed by atoms with Crippen LogP contribution >= 0.6 is 23.4 Å². The molecule has 0 aromatic heterocycles. The van der Waals surface area contributed by atoms with E-state index in [1.807, 2.05) is 18.2 Å². The third-order valence-electron chi connectivity index (χ3n) is 4.01. The molecule has 0 aliphatic rings. The second-order valence-electron chi connectivity index (χ2n) is 6.81. The average Bonchev–Trinajstić information content (AvgIpc) is 2.37. The van der Waals surface area contributed by atoms with Crippen LogP contribution in [0.2, 0.25) is 23.2 Å². The largest absolute Gasteiger partial charge is 0.481 e. The summed E-state index contributed by atoms with van der Waals surface area (Å²) in [7, 11) is -1.72. The first-order chi connectivity index (χ1) is 10.0. The lowest BCUT2D eigenvalue weighted by Gasteiger charge is -2.36. The van der Waals surface area contributed by atoms with Gasteiger partial charge in [-0.05, 0) is 42.2 Å². The number of halogens is 1. The molecule has 1 aromatic carbocycles. The predicted octanol–water partition coefficient (Wildman–Crippen LogP) is 5.08. The molecule has 22 heavy (non-hydrogen) atoms. The van der Waals surface area contributed by atoms with Gasteiger partial charge in [-0.1, -0.05) is 38.4 Å². The molecule has 6 heteroatoms. The molecule has 1 aromatic rings. The van der Waals surface area contributed by atoms with Gasteiger partial charge in [-0.2, -0.15) is 0 Å². The van der Waals surface area contributed by atoms with Crippen LogP contribution < -0.4 is 0 Å². The van der Waals surface area contributed by atoms with Crippen LogP contribution in [0.15, 0.2) is 23.1 Å². The van der Waals surface area contributed by atoms with Crippen LogP contribution in [0.1, 0.15) is 26.3 Å². The summed E-state index contributed by atoms with van der Waals surface area (Å²) in [6.07, 6.45) is 0.810. The number of hydrogen-bond acceptors (Lipinski definition) is 3. The molecule has 0 heterocycles. The van der Waals surface area contributed by atoms with Gasteiger partial charge in [0.25, 0.3) is 0 Å². The Balaban J connectivity index is 2.63. The highest BCUT2D eigenvalue weighted by molar-refractivity contribution is 8.00. The molecule has 0 radical (unpaired) electrons. The van der Waals surface area contributed by atoms with E-state index in [0.717, 1.165) is 16.9 Å². The molecule has 0 fully saturated rings. The summed E-state index contributed by atoms with van der Waals surface area (Å²) in [6, 6.07) is 5.76. The quantitative estimate of drug-likeness (QED) is 0.544. The summed E-state index contributed by atoms with van der Waals surface area (Å²) in [5, 5.41) is 9.56. The molecule has 0 atom stereocenters. The van der Waals surface area contributed by atoms with E-state index in [9.17, 15) is 4.79 Å². The van der Waals surface area contributed by atoms with E-state index in [1.54, 1.807) is 0 Å². The molecular formula is C16H25ClO3SSi. The summed E-state index contributed by atoms with van der Waals surface area (Å²) in [5.41, 5.74) is 1.12. The van der Waals surface area contributed by atoms with E-state index in [0.29, 0.717) is 11.6 Å². The van der Waals surface area contributed by atoms with Gasteiger partial charge in [-0.25, -0.2) is 0 Å². The van der Waals surface area contributed by atoms with Crippen molar-refractivity contribution in [3.63, 3.8) is 0 Å². The number of benzene rings is 1. The van der Waals surface area contributed by atoms with Crippen molar-refractivity contribution in [1.29, 1.82) is 0 Å². The zero-order chi connectivity index (χ0) is 17.0. The van der Waals surface area contributed by atoms with Crippen molar-refractivity contribution in [3.05, 3.63) is 28.8 Å². The number of thioether (sulfide) groups is 1. The molecule has 0 saturated heterocycles. The molecular weight excluding hydrogens is 336 g/mol. The first kappa shape index (κ1) is 19.6. The summed E-state index contributed by atoms with van der Waals surface area (Å²) in [6.45, 7) is 11.8. The smallest absolute Gasteiger partial charge is 0.313 e. The van der Waals surface area contributed by atoms with E-state index in [-0.39, 0.29) is 10.8 Å². The topological polar surface area (TPSA) is 46.5 Å². The van der Waals surface area contributed by atoms with E-state index >= 15 is 0 Å². The fourth-order valence-electron chi connectivity index (χ4n) is 1.59. The Labute approximate surface area is 143 Å². The first-order valence-electron chi connectivity index (χ1n) is 7.30. The third kappa shape index (κ3) is 5.95. The Morgan fingerprint density at radius 2 is 2.00 bits per heavy atom. The number of carboxylic acid groups (broad SMARTS) is 1. The van der Waals surface area contributed by atoms with E-state index in [1.165, 1.54) is 11.8 Å². The summed E-state index contributed by atoms with van der Waals surface area (Å²) in [5.74, 6) is -0.823. The lowest BCUT2D eigenvalue weighted by atomic mass is 10.2. The molecule has 1 rings (SSSR count). The van der Waals surface area contributed by atoms with Crippen LogP contribution in [0.5, 0.6) is 0 Å². The Morgan fingerprint density at radius 1 is 1.36 bits per heavy atom. The highest BCUT2D eigenvalue weighted by atomic mass is 35.5. The molecule has 0 aliphatic carbocycles. The number of carboxylic acids is 1. The molecule has 0 amide bonds. The van der Waals surface area contributed by atoms with E-state index in [2.05, 4.69) is 33.9 Å². The van der Waals surface area contributed by atoms with Gasteiger partial charge in [0.15, 0.2) is 8.32 Å². The van der Waals surface area contributed by atoms with Crippen molar-refractivity contribution in [1.82, 2.24) is 0 Å². The number of carbonyl (C=O) groups is 1. The monoisotopic (exact) mass is 360 g/mol. The minimum Gasteiger partial charge on any atom is -0.481 e. The van der Waals surface area contributed by atoms with Gasteiger partial charge in [-0.3, -0.25) is 4.79 Å². The SMILES string of the molecule is CC(C)(C)[Si](C)(C)OCCc1ccc(Cl)c(SCC(=O)O)c1. The van der Waals surface area contributed by atoms with Crippen LogP contribution in [0.4, 0.5) is 0 Å². The van der Waals surface area contributed by atoms with Gasteiger partial charge in [-0.15, -0.1) is 11.8 Å². The van der Waals surface area contributed by atoms with Gasteiger partial charge in [0.2, 0.25) is 0 Å². The summed E-state index contributed by atoms with van der Waals surface area (Å²) < 4.78 is 6.17. The Morgan fingerprint density at radius 3 is 2.55 bits per heavy atom. The van der Waals surface area contributed by atoms with Gasteiger partial charge in [0, 0.05) is 11.5 Å². The maximum Gasteiger partial charge on any atom is 0.313 e. The minimum absolute atomic E-state index is 0.0175. The van der Waals surface area contributed by atoms with E-state index < -0.39 is 14.3 Å². The molecule has 0 saturated carbocycles. The lowest BCUT2D eigenvalue weighted by Crippen LogP contribution is -2.41. The van der Waals surface area contributed by atoms with Gasteiger partial charge >= 0.3 is 5.97 Å². The Kier molecular flexibility index (Phi) is 6.99. The summed E-state index contributed by atoms with van der Waals surface area (Å²) >= 11 is 7.36. The molecule has 0 bridgehead atoms. The number of hydrogen-bond donors (Lipinski definition) is 1. The first-order valence-corrected chi connectivity index (χ1v) is 11.6. The Bertz CT molecular complexity index is 527. The van der Waals surface area contributed by atoms with Gasteiger partial charge in [0.05, 0.1) is 10.8 Å². The highest BCUT2D eigenvalue weighted by Crippen LogP contribution is 2.36. The molecule has 124 valence electrons. The zero-order valence-corrected chi connectivity index (χ0v) is 16.5. The molecule has 3 nitrogen and oxygen atoms in total. The standard InChI is InChI=1S/C16H25ClO3SSi/c1-16(2,3)22(4,5)20-9-8-12-6-7-13(17)14(10-12)21-11-15(18)19/h6-7,10H,8-9,11H2,1-5H3,(H,18,19). The van der Waals surface area contributed by atoms with Crippen LogP contribution in [-0.2, 0) is 15.6 Å². The number of rotatable bonds is 7. The molecule has 1 N–H and O–H groups in total. The third-order valence-corrected chi connectivity index (χ3v) is 10.0. The molecule has 0 spiro atoms. The fourth-order valence-corrected chi connectivity index (χ4v) is 3.64. The second-order valence-corrected chi connectivity index (χ2v) is 13.0. The van der Waals surface area contributed by atoms with Crippen molar-refractivity contribution in [2.45, 2.75) is 50.2 Å². The maximum atomic E-state index is 10.7. The maximum absolute atomic E-state index is 10.7. The predicted molar refractivity (Wildman–Crippen MR) is 96.7 cm³/mol. The van der Waals surface area contributed by atoms with Crippen molar-refractivity contribution >= 4 is 37.6 Å². The molecule has 0 aliphatic heterocycles. The van der Waals surface area contributed by atoms with Gasteiger partial charge in [0.1, 0.15) is 0 Å². The second kappa shape index (κ2) is 7.86. The fraction of sp³-hybridized carbons (Fsp3) is 0.562. The normalized spacial score (nSPS) is 12.5. The summed E-state index contributed by atoms with van der Waals surface area (Å²) in [4.78, 5) is 11.5. The van der Waals surface area contributed by atoms with Crippen molar-refractivity contribution in [2.24, 2.45) is 0 Å². The Hall–Kier alpha value is -0.493. The van der Waals surface area contributed by atoms with Crippen molar-refractivity contribution in [3.8, 4) is 0 Å². The van der Waals surface area contributed by atoms with Crippen molar-refractivity contribution in [2.75, 3.05) is 12.4 Å². The van der Waals surface area contributed by atoms with Gasteiger partial charge < -0.3 is 9.53 Å². The van der Waals surface area contributed by atoms with Crippen LogP contribution in [0, 0.1) is 0 Å². The lowest BCUT2D eigenvalue weighted by molar-refractivity contribution is -0.133. The minimum atomic E-state index is -1.72. The van der Waals surface area contributed by atoms with E-state index in [4.69, 9.17) is 21.1 Å². The van der Waals surface area contributed by atoms with Crippen molar-refractivity contribution < 1.29 is 14.3 Å².